The van der Waals surface area contributed by atoms with Crippen molar-refractivity contribution in [2.75, 3.05) is 19.8 Å². The summed E-state index contributed by atoms with van der Waals surface area (Å²) in [5.41, 5.74) is 0. The fourth-order valence-electron chi connectivity index (χ4n) is 5.71. The number of carbonyl (C=O) groups is 2. The van der Waals surface area contributed by atoms with Crippen molar-refractivity contribution in [1.29, 1.82) is 0 Å². The second-order valence-electron chi connectivity index (χ2n) is 12.6. The first-order valence-electron chi connectivity index (χ1n) is 17.6. The maximum absolute atomic E-state index is 11.3. The van der Waals surface area contributed by atoms with Gasteiger partial charge in [0, 0.05) is 13.3 Å². The Bertz CT molecular complexity index is 918. The number of esters is 2. The normalized spacial score (nSPS) is 31.5. The van der Waals surface area contributed by atoms with Gasteiger partial charge in [-0.15, -0.1) is 0 Å². The van der Waals surface area contributed by atoms with Crippen molar-refractivity contribution >= 4 is 11.9 Å². The van der Waals surface area contributed by atoms with Crippen LogP contribution < -0.4 is 0 Å². The molecule has 1 unspecified atom stereocenters. The molecule has 280 valence electrons. The number of hydrogen-bond acceptors (Lipinski definition) is 14. The van der Waals surface area contributed by atoms with Crippen LogP contribution in [0.2, 0.25) is 0 Å². The van der Waals surface area contributed by atoms with Crippen LogP contribution in [0.4, 0.5) is 0 Å². The molecule has 2 aliphatic heterocycles. The Hall–Kier alpha value is -1.72. The summed E-state index contributed by atoms with van der Waals surface area (Å²) >= 11 is 0. The quantitative estimate of drug-likeness (QED) is 0.0512. The lowest BCUT2D eigenvalue weighted by Gasteiger charge is -2.46. The third kappa shape index (κ3) is 15.0. The van der Waals surface area contributed by atoms with Crippen LogP contribution in [0.15, 0.2) is 12.2 Å². The van der Waals surface area contributed by atoms with Gasteiger partial charge in [0.15, 0.2) is 12.6 Å². The molecule has 0 aromatic rings. The first kappa shape index (κ1) is 42.4. The molecular formula is C34H60O14. The molecule has 0 radical (unpaired) electrons. The lowest BCUT2D eigenvalue weighted by atomic mass is 9.97. The summed E-state index contributed by atoms with van der Waals surface area (Å²) in [5, 5.41) is 62.2. The van der Waals surface area contributed by atoms with Crippen LogP contribution >= 0.6 is 0 Å². The lowest BCUT2D eigenvalue weighted by Crippen LogP contribution is -2.65. The zero-order chi connectivity index (χ0) is 35.5. The van der Waals surface area contributed by atoms with Gasteiger partial charge in [0.2, 0.25) is 0 Å². The van der Waals surface area contributed by atoms with Gasteiger partial charge in [-0.25, -0.2) is 0 Å². The maximum atomic E-state index is 11.3. The molecule has 0 bridgehead atoms. The molecule has 0 saturated carbocycles. The average molecular weight is 693 g/mol. The molecule has 2 heterocycles. The van der Waals surface area contributed by atoms with Gasteiger partial charge >= 0.3 is 11.9 Å². The smallest absolute Gasteiger partial charge is 0.305 e. The van der Waals surface area contributed by atoms with Gasteiger partial charge in [-0.1, -0.05) is 50.7 Å². The fourth-order valence-corrected chi connectivity index (χ4v) is 5.71. The number of aliphatic hydroxyl groups is 6. The minimum absolute atomic E-state index is 0.107. The molecule has 0 amide bonds. The molecular weight excluding hydrogens is 632 g/mol. The van der Waals surface area contributed by atoms with E-state index in [0.717, 1.165) is 77.6 Å². The molecule has 11 atom stereocenters. The Morgan fingerprint density at radius 3 is 1.94 bits per heavy atom. The molecule has 6 N–H and O–H groups in total. The highest BCUT2D eigenvalue weighted by Gasteiger charge is 2.51. The van der Waals surface area contributed by atoms with E-state index >= 15 is 0 Å². The summed E-state index contributed by atoms with van der Waals surface area (Å²) in [5.74, 6) is -0.749. The molecule has 0 aromatic carbocycles. The van der Waals surface area contributed by atoms with Crippen molar-refractivity contribution in [3.63, 3.8) is 0 Å². The van der Waals surface area contributed by atoms with E-state index in [2.05, 4.69) is 12.2 Å². The van der Waals surface area contributed by atoms with E-state index < -0.39 is 80.6 Å². The molecule has 2 fully saturated rings. The number of allylic oxidation sites excluding steroid dienone is 2. The highest BCUT2D eigenvalue weighted by molar-refractivity contribution is 5.69. The van der Waals surface area contributed by atoms with Crippen molar-refractivity contribution in [3.05, 3.63) is 12.2 Å². The first-order valence-corrected chi connectivity index (χ1v) is 17.6. The standard InChI is InChI=1S/C34H60O14/c1-4-43-26(37)19-17-15-13-11-9-7-5-6-8-10-12-14-16-18-22(2)45-34-32(30(41)27(38)24(20-35)46-34)48-33-31(42)29(40)28(39)25(47-33)21-44-23(3)36/h5-6,22,24-25,27-35,38-42H,4,7-21H2,1-3H3/b6-5+/t22?,24-,25-,27-,28-,29+,30+,31-,32-,33+,34-/m1/s1. The Labute approximate surface area is 284 Å². The van der Waals surface area contributed by atoms with E-state index in [9.17, 15) is 40.2 Å². The van der Waals surface area contributed by atoms with Crippen molar-refractivity contribution in [2.45, 2.75) is 172 Å². The number of carbonyl (C=O) groups excluding carboxylic acids is 2. The summed E-state index contributed by atoms with van der Waals surface area (Å²) in [6, 6.07) is 0. The average Bonchev–Trinajstić information content (AvgIpc) is 3.05. The molecule has 0 aliphatic carbocycles. The van der Waals surface area contributed by atoms with Crippen molar-refractivity contribution in [1.82, 2.24) is 0 Å². The van der Waals surface area contributed by atoms with Gasteiger partial charge in [-0.2, -0.15) is 0 Å². The Balaban J connectivity index is 1.72. The summed E-state index contributed by atoms with van der Waals surface area (Å²) < 4.78 is 32.9. The zero-order valence-electron chi connectivity index (χ0n) is 28.8. The number of rotatable bonds is 23. The predicted octanol–water partition coefficient (Wildman–Crippen LogP) is 1.78. The van der Waals surface area contributed by atoms with Gasteiger partial charge in [-0.3, -0.25) is 9.59 Å². The molecule has 2 rings (SSSR count). The molecule has 0 aromatic heterocycles. The van der Waals surface area contributed by atoms with E-state index in [1.165, 1.54) is 0 Å². The summed E-state index contributed by atoms with van der Waals surface area (Å²) in [6.45, 7) is 4.24. The van der Waals surface area contributed by atoms with E-state index in [4.69, 9.17) is 28.4 Å². The first-order chi connectivity index (χ1) is 23.0. The predicted molar refractivity (Wildman–Crippen MR) is 172 cm³/mol. The monoisotopic (exact) mass is 692 g/mol. The third-order valence-corrected chi connectivity index (χ3v) is 8.56. The topological polar surface area (TPSA) is 211 Å². The number of unbranched alkanes of at least 4 members (excludes halogenated alkanes) is 9. The number of ether oxygens (including phenoxy) is 6. The fraction of sp³-hybridized carbons (Fsp3) is 0.882. The minimum Gasteiger partial charge on any atom is -0.466 e. The number of hydrogen-bond donors (Lipinski definition) is 6. The SMILES string of the molecule is CCOC(=O)CCCCCCC/C=C/CCCCCCC(C)O[C@@H]1O[C@H](CO)[C@@H](O)[C@H](O)[C@H]1O[C@@H]1O[C@H](COC(C)=O)[C@@H](O)[C@H](O)[C@H]1O. The van der Waals surface area contributed by atoms with Crippen LogP contribution in [0.5, 0.6) is 0 Å². The Morgan fingerprint density at radius 2 is 1.31 bits per heavy atom. The van der Waals surface area contributed by atoms with Gasteiger partial charge in [0.05, 0.1) is 19.3 Å². The Morgan fingerprint density at radius 1 is 0.729 bits per heavy atom. The molecule has 14 heteroatoms. The lowest BCUT2D eigenvalue weighted by molar-refractivity contribution is -0.371. The van der Waals surface area contributed by atoms with Crippen molar-refractivity contribution in [2.24, 2.45) is 0 Å². The van der Waals surface area contributed by atoms with Gasteiger partial charge in [0.25, 0.3) is 0 Å². The van der Waals surface area contributed by atoms with Gasteiger partial charge in [0.1, 0.15) is 55.4 Å². The van der Waals surface area contributed by atoms with Crippen LogP contribution in [0.1, 0.15) is 104 Å². The summed E-state index contributed by atoms with van der Waals surface area (Å²) in [7, 11) is 0. The summed E-state index contributed by atoms with van der Waals surface area (Å²) in [6.07, 6.45) is 1.87. The highest BCUT2D eigenvalue weighted by Crippen LogP contribution is 2.31. The number of aliphatic hydroxyl groups excluding tert-OH is 6. The molecule has 14 nitrogen and oxygen atoms in total. The molecule has 0 spiro atoms. The molecule has 2 saturated heterocycles. The largest absolute Gasteiger partial charge is 0.466 e. The van der Waals surface area contributed by atoms with E-state index in [1.807, 2.05) is 13.8 Å². The van der Waals surface area contributed by atoms with Crippen LogP contribution in [0.25, 0.3) is 0 Å². The van der Waals surface area contributed by atoms with Crippen molar-refractivity contribution < 1.29 is 68.6 Å². The van der Waals surface area contributed by atoms with Crippen LogP contribution in [-0.2, 0) is 38.0 Å². The van der Waals surface area contributed by atoms with Crippen LogP contribution in [0.3, 0.4) is 0 Å². The van der Waals surface area contributed by atoms with E-state index in [1.54, 1.807) is 0 Å². The molecule has 2 aliphatic rings. The van der Waals surface area contributed by atoms with E-state index in [0.29, 0.717) is 19.4 Å². The van der Waals surface area contributed by atoms with Gasteiger partial charge < -0.3 is 59.1 Å². The second kappa shape index (κ2) is 23.6. The molecule has 48 heavy (non-hydrogen) atoms. The van der Waals surface area contributed by atoms with Crippen LogP contribution in [0, 0.1) is 0 Å². The third-order valence-electron chi connectivity index (χ3n) is 8.56. The van der Waals surface area contributed by atoms with Gasteiger partial charge in [-0.05, 0) is 52.4 Å². The highest BCUT2D eigenvalue weighted by atomic mass is 16.8. The zero-order valence-corrected chi connectivity index (χ0v) is 28.8. The second-order valence-corrected chi connectivity index (χ2v) is 12.6. The maximum Gasteiger partial charge on any atom is 0.305 e. The Kier molecular flexibility index (Phi) is 20.9. The van der Waals surface area contributed by atoms with Crippen LogP contribution in [-0.4, -0.2) is 130 Å². The van der Waals surface area contributed by atoms with Crippen molar-refractivity contribution in [3.8, 4) is 0 Å². The minimum atomic E-state index is -1.75. The van der Waals surface area contributed by atoms with E-state index in [-0.39, 0.29) is 12.1 Å². The summed E-state index contributed by atoms with van der Waals surface area (Å²) in [4.78, 5) is 22.6.